The predicted octanol–water partition coefficient (Wildman–Crippen LogP) is 4.57. The first-order chi connectivity index (χ1) is 11.9. The Morgan fingerprint density at radius 1 is 1.28 bits per heavy atom. The molecule has 0 saturated heterocycles. The summed E-state index contributed by atoms with van der Waals surface area (Å²) in [7, 11) is 0. The minimum absolute atomic E-state index is 0.0896. The summed E-state index contributed by atoms with van der Waals surface area (Å²) in [6, 6.07) is 11.7. The molecule has 0 aliphatic rings. The number of benzene rings is 2. The van der Waals surface area contributed by atoms with Crippen LogP contribution in [0.15, 0.2) is 52.7 Å². The fraction of sp³-hybridized carbons (Fsp3) is 0.0625. The number of azo groups is 1. The maximum absolute atomic E-state index is 10.9. The highest BCUT2D eigenvalue weighted by atomic mass is 32.1. The molecule has 0 spiro atoms. The van der Waals surface area contributed by atoms with E-state index in [0.717, 1.165) is 11.3 Å². The third-order valence-corrected chi connectivity index (χ3v) is 3.67. The molecule has 1 heterocycles. The average Bonchev–Trinajstić information content (AvgIpc) is 2.89. The first-order valence-electron chi connectivity index (χ1n) is 7.22. The van der Waals surface area contributed by atoms with E-state index in [2.05, 4.69) is 20.5 Å². The van der Waals surface area contributed by atoms with Crippen molar-refractivity contribution in [1.29, 1.82) is 0 Å². The highest BCUT2D eigenvalue weighted by Crippen LogP contribution is 2.37. The molecule has 0 radical (unpaired) electrons. The smallest absolute Gasteiger partial charge is 0.270 e. The second-order valence-electron chi connectivity index (χ2n) is 5.31. The third-order valence-electron chi connectivity index (χ3n) is 3.49. The molecule has 2 aromatic carbocycles. The number of nitrogens with zero attached hydrogens (tertiary/aromatic N) is 3. The van der Waals surface area contributed by atoms with Gasteiger partial charge in [0.2, 0.25) is 11.0 Å². The molecule has 9 heteroatoms. The van der Waals surface area contributed by atoms with E-state index in [-0.39, 0.29) is 22.4 Å². The molecule has 3 rings (SSSR count). The molecule has 8 nitrogen and oxygen atoms in total. The number of non-ortho nitro benzene ring substituents is 1. The highest BCUT2D eigenvalue weighted by molar-refractivity contribution is 7.80. The van der Waals surface area contributed by atoms with Crippen LogP contribution in [-0.2, 0) is 0 Å². The molecule has 126 valence electrons. The number of anilines is 1. The Morgan fingerprint density at radius 2 is 2.00 bits per heavy atom. The fourth-order valence-corrected chi connectivity index (χ4v) is 2.41. The van der Waals surface area contributed by atoms with E-state index >= 15 is 0 Å². The van der Waals surface area contributed by atoms with Crippen molar-refractivity contribution in [3.8, 4) is 5.88 Å². The average molecular weight is 355 g/mol. The standard InChI is InChI=1S/C16H13N5O3S/c1-9-2-4-10(5-3-9)17-16(25)20-19-14-12-8-11(21(23)24)6-7-13(12)18-15(14)22/h2-8,18,22H,1H3,(H,17,25). The number of fused-ring (bicyclic) bond motifs is 1. The third kappa shape index (κ3) is 3.61. The minimum Gasteiger partial charge on any atom is -0.493 e. The molecule has 25 heavy (non-hydrogen) atoms. The lowest BCUT2D eigenvalue weighted by Gasteiger charge is -2.03. The maximum Gasteiger partial charge on any atom is 0.270 e. The van der Waals surface area contributed by atoms with Crippen molar-refractivity contribution in [2.24, 2.45) is 10.2 Å². The van der Waals surface area contributed by atoms with Crippen LogP contribution >= 0.6 is 12.2 Å². The number of aromatic amines is 1. The summed E-state index contributed by atoms with van der Waals surface area (Å²) in [6.07, 6.45) is 0. The van der Waals surface area contributed by atoms with Gasteiger partial charge in [0.15, 0.2) is 5.69 Å². The zero-order valence-corrected chi connectivity index (χ0v) is 13.9. The lowest BCUT2D eigenvalue weighted by molar-refractivity contribution is -0.384. The first kappa shape index (κ1) is 16.5. The zero-order chi connectivity index (χ0) is 18.0. The highest BCUT2D eigenvalue weighted by Gasteiger charge is 2.15. The minimum atomic E-state index is -0.520. The molecule has 0 saturated carbocycles. The Bertz CT molecular complexity index is 995. The van der Waals surface area contributed by atoms with Crippen LogP contribution in [0, 0.1) is 17.0 Å². The van der Waals surface area contributed by atoms with Crippen LogP contribution in [0.4, 0.5) is 17.1 Å². The molecule has 0 unspecified atom stereocenters. The molecule has 1 aromatic heterocycles. The molecule has 0 bridgehead atoms. The predicted molar refractivity (Wildman–Crippen MR) is 98.5 cm³/mol. The molecular weight excluding hydrogens is 342 g/mol. The van der Waals surface area contributed by atoms with Gasteiger partial charge in [-0.15, -0.1) is 10.2 Å². The molecule has 0 amide bonds. The van der Waals surface area contributed by atoms with Gasteiger partial charge in [-0.1, -0.05) is 17.7 Å². The van der Waals surface area contributed by atoms with Crippen molar-refractivity contribution in [2.75, 3.05) is 5.32 Å². The van der Waals surface area contributed by atoms with Crippen molar-refractivity contribution in [3.63, 3.8) is 0 Å². The van der Waals surface area contributed by atoms with Crippen LogP contribution in [0.1, 0.15) is 5.56 Å². The number of aryl methyl sites for hydroxylation is 1. The summed E-state index contributed by atoms with van der Waals surface area (Å²) in [6.45, 7) is 1.97. The fourth-order valence-electron chi connectivity index (χ4n) is 2.25. The van der Waals surface area contributed by atoms with Gasteiger partial charge in [0, 0.05) is 23.2 Å². The number of hydrogen-bond donors (Lipinski definition) is 3. The summed E-state index contributed by atoms with van der Waals surface area (Å²) >= 11 is 5.10. The Balaban J connectivity index is 1.86. The molecular formula is C16H13N5O3S. The number of aromatic hydroxyl groups is 1. The van der Waals surface area contributed by atoms with Gasteiger partial charge in [-0.25, -0.2) is 0 Å². The van der Waals surface area contributed by atoms with Gasteiger partial charge in [-0.05, 0) is 37.3 Å². The lowest BCUT2D eigenvalue weighted by atomic mass is 10.2. The summed E-state index contributed by atoms with van der Waals surface area (Å²) in [5.74, 6) is -0.239. The number of nitro groups is 1. The van der Waals surface area contributed by atoms with Crippen LogP contribution in [-0.4, -0.2) is 20.1 Å². The van der Waals surface area contributed by atoms with Crippen LogP contribution in [0.2, 0.25) is 0 Å². The Morgan fingerprint density at radius 3 is 2.68 bits per heavy atom. The Hall–Kier alpha value is -3.33. The van der Waals surface area contributed by atoms with Gasteiger partial charge < -0.3 is 15.4 Å². The zero-order valence-electron chi connectivity index (χ0n) is 13.1. The maximum atomic E-state index is 10.9. The van der Waals surface area contributed by atoms with Crippen molar-refractivity contribution in [3.05, 3.63) is 58.1 Å². The van der Waals surface area contributed by atoms with Crippen LogP contribution < -0.4 is 5.32 Å². The number of nitro benzene ring substituents is 1. The monoisotopic (exact) mass is 355 g/mol. The number of H-pyrrole nitrogens is 1. The second-order valence-corrected chi connectivity index (χ2v) is 5.69. The van der Waals surface area contributed by atoms with Crippen LogP contribution in [0.5, 0.6) is 5.88 Å². The van der Waals surface area contributed by atoms with E-state index in [4.69, 9.17) is 12.2 Å². The van der Waals surface area contributed by atoms with Crippen LogP contribution in [0.25, 0.3) is 10.9 Å². The molecule has 3 aromatic rings. The van der Waals surface area contributed by atoms with E-state index < -0.39 is 4.92 Å². The van der Waals surface area contributed by atoms with Crippen molar-refractivity contribution < 1.29 is 10.0 Å². The topological polar surface area (TPSA) is 116 Å². The molecule has 0 aliphatic carbocycles. The summed E-state index contributed by atoms with van der Waals surface area (Å²) in [5.41, 5.74) is 2.36. The quantitative estimate of drug-likeness (QED) is 0.275. The second kappa shape index (κ2) is 6.65. The van der Waals surface area contributed by atoms with Crippen LogP contribution in [0.3, 0.4) is 0 Å². The van der Waals surface area contributed by atoms with E-state index in [1.54, 1.807) is 0 Å². The van der Waals surface area contributed by atoms with Crippen molar-refractivity contribution >= 4 is 45.3 Å². The summed E-state index contributed by atoms with van der Waals surface area (Å²) in [5, 5.41) is 32.0. The lowest BCUT2D eigenvalue weighted by Crippen LogP contribution is -2.04. The van der Waals surface area contributed by atoms with Crippen molar-refractivity contribution in [2.45, 2.75) is 6.92 Å². The van der Waals surface area contributed by atoms with E-state index in [1.165, 1.54) is 18.2 Å². The SMILES string of the molecule is Cc1ccc(NC(=S)N=Nc2c(O)[nH]c3ccc([N+](=O)[O-])cc23)cc1. The van der Waals surface area contributed by atoms with E-state index in [0.29, 0.717) is 10.9 Å². The summed E-state index contributed by atoms with van der Waals surface area (Å²) in [4.78, 5) is 13.1. The number of aromatic nitrogens is 1. The van der Waals surface area contributed by atoms with Gasteiger partial charge in [-0.3, -0.25) is 10.1 Å². The number of thiocarbonyl (C=S) groups is 1. The number of hydrogen-bond acceptors (Lipinski definition) is 5. The van der Waals surface area contributed by atoms with E-state index in [9.17, 15) is 15.2 Å². The Kier molecular flexibility index (Phi) is 4.40. The molecule has 0 fully saturated rings. The summed E-state index contributed by atoms with van der Waals surface area (Å²) < 4.78 is 0. The Labute approximate surface area is 147 Å². The molecule has 0 atom stereocenters. The first-order valence-corrected chi connectivity index (χ1v) is 7.63. The van der Waals surface area contributed by atoms with Gasteiger partial charge in [0.25, 0.3) is 5.69 Å². The molecule has 3 N–H and O–H groups in total. The van der Waals surface area contributed by atoms with Gasteiger partial charge in [0.1, 0.15) is 0 Å². The van der Waals surface area contributed by atoms with Gasteiger partial charge in [-0.2, -0.15) is 0 Å². The number of rotatable bonds is 3. The van der Waals surface area contributed by atoms with Crippen molar-refractivity contribution in [1.82, 2.24) is 4.98 Å². The number of nitrogens with one attached hydrogen (secondary N) is 2. The van der Waals surface area contributed by atoms with Gasteiger partial charge >= 0.3 is 0 Å². The van der Waals surface area contributed by atoms with Gasteiger partial charge in [0.05, 0.1) is 10.4 Å². The van der Waals surface area contributed by atoms with E-state index in [1.807, 2.05) is 31.2 Å². The largest absolute Gasteiger partial charge is 0.493 e. The normalized spacial score (nSPS) is 11.1. The molecule has 0 aliphatic heterocycles.